The fraction of sp³-hybridized carbons (Fsp3) is 0.455. The summed E-state index contributed by atoms with van der Waals surface area (Å²) in [6.07, 6.45) is 1.07. The van der Waals surface area contributed by atoms with E-state index in [9.17, 15) is 14.7 Å². The van der Waals surface area contributed by atoms with E-state index < -0.39 is 29.2 Å². The summed E-state index contributed by atoms with van der Waals surface area (Å²) in [5, 5.41) is 19.1. The molecule has 0 amide bonds. The van der Waals surface area contributed by atoms with Gasteiger partial charge in [0.05, 0.1) is 12.7 Å². The van der Waals surface area contributed by atoms with Gasteiger partial charge in [-0.3, -0.25) is 14.3 Å². The van der Waals surface area contributed by atoms with E-state index in [4.69, 9.17) is 9.84 Å². The van der Waals surface area contributed by atoms with Crippen LogP contribution in [-0.2, 0) is 10.5 Å². The van der Waals surface area contributed by atoms with Crippen molar-refractivity contribution in [2.75, 3.05) is 6.61 Å². The van der Waals surface area contributed by atoms with Crippen molar-refractivity contribution in [3.63, 3.8) is 0 Å². The quantitative estimate of drug-likeness (QED) is 0.570. The van der Waals surface area contributed by atoms with Crippen LogP contribution < -0.4 is 11.2 Å². The first-order chi connectivity index (χ1) is 8.53. The number of aromatic nitrogens is 2. The topological polar surface area (TPSA) is 105 Å². The number of hydrogen-bond acceptors (Lipinski definition) is 5. The average Bonchev–Trinajstić information content (AvgIpc) is 2.67. The summed E-state index contributed by atoms with van der Waals surface area (Å²) >= 11 is 0. The number of aliphatic hydroxyl groups excluding tert-OH is 2. The molecule has 1 fully saturated rings. The Morgan fingerprint density at radius 3 is 2.89 bits per heavy atom. The van der Waals surface area contributed by atoms with E-state index in [1.54, 1.807) is 0 Å². The van der Waals surface area contributed by atoms with E-state index in [-0.39, 0.29) is 13.0 Å². The Hall–Kier alpha value is -1.70. The molecule has 2 rings (SSSR count). The van der Waals surface area contributed by atoms with E-state index in [1.807, 2.05) is 0 Å². The predicted molar refractivity (Wildman–Crippen MR) is 62.1 cm³/mol. The zero-order valence-corrected chi connectivity index (χ0v) is 9.57. The van der Waals surface area contributed by atoms with Gasteiger partial charge in [-0.2, -0.15) is 0 Å². The summed E-state index contributed by atoms with van der Waals surface area (Å²) in [5.41, 5.74) is -2.71. The second-order valence-corrected chi connectivity index (χ2v) is 4.11. The molecule has 1 saturated heterocycles. The van der Waals surface area contributed by atoms with Crippen LogP contribution in [-0.4, -0.2) is 38.6 Å². The lowest BCUT2D eigenvalue weighted by atomic mass is 10.1. The molecule has 0 saturated carbocycles. The fourth-order valence-corrected chi connectivity index (χ4v) is 2.12. The van der Waals surface area contributed by atoms with Crippen LogP contribution in [0.3, 0.4) is 0 Å². The summed E-state index contributed by atoms with van der Waals surface area (Å²) < 4.78 is 6.55. The lowest BCUT2D eigenvalue weighted by molar-refractivity contribution is -0.114. The molecule has 98 valence electrons. The monoisotopic (exact) mass is 254 g/mol. The van der Waals surface area contributed by atoms with Gasteiger partial charge in [0, 0.05) is 18.7 Å². The number of nitrogens with one attached hydrogen (secondary N) is 1. The highest BCUT2D eigenvalue weighted by molar-refractivity contribution is 5.06. The maximum atomic E-state index is 11.7. The van der Waals surface area contributed by atoms with E-state index in [0.29, 0.717) is 0 Å². The van der Waals surface area contributed by atoms with E-state index in [0.717, 1.165) is 10.6 Å². The Morgan fingerprint density at radius 1 is 1.67 bits per heavy atom. The van der Waals surface area contributed by atoms with Crippen LogP contribution in [0.4, 0.5) is 0 Å². The van der Waals surface area contributed by atoms with Gasteiger partial charge in [0.1, 0.15) is 6.10 Å². The maximum absolute atomic E-state index is 11.7. The Bertz CT molecular complexity index is 563. The number of H-pyrrole nitrogens is 1. The molecule has 18 heavy (non-hydrogen) atoms. The fourth-order valence-electron chi connectivity index (χ4n) is 2.12. The molecule has 1 aromatic heterocycles. The highest BCUT2D eigenvalue weighted by Crippen LogP contribution is 2.34. The van der Waals surface area contributed by atoms with Gasteiger partial charge in [-0.05, 0) is 6.08 Å². The minimum Gasteiger partial charge on any atom is -0.394 e. The molecule has 1 aliphatic heterocycles. The van der Waals surface area contributed by atoms with E-state index in [1.165, 1.54) is 12.3 Å². The van der Waals surface area contributed by atoms with Crippen LogP contribution in [0.1, 0.15) is 6.42 Å². The van der Waals surface area contributed by atoms with Gasteiger partial charge in [-0.15, -0.1) is 0 Å². The number of rotatable bonds is 3. The van der Waals surface area contributed by atoms with Crippen LogP contribution in [0.2, 0.25) is 0 Å². The third-order valence-electron chi connectivity index (χ3n) is 3.02. The summed E-state index contributed by atoms with van der Waals surface area (Å²) in [7, 11) is 0. The largest absolute Gasteiger partial charge is 0.394 e. The van der Waals surface area contributed by atoms with Crippen molar-refractivity contribution >= 4 is 0 Å². The van der Waals surface area contributed by atoms with Crippen molar-refractivity contribution in [1.82, 2.24) is 9.55 Å². The minimum atomic E-state index is -1.46. The average molecular weight is 254 g/mol. The Morgan fingerprint density at radius 2 is 2.39 bits per heavy atom. The molecule has 2 heterocycles. The highest BCUT2D eigenvalue weighted by atomic mass is 16.6. The molecule has 3 N–H and O–H groups in total. The lowest BCUT2D eigenvalue weighted by Gasteiger charge is -2.30. The lowest BCUT2D eigenvalue weighted by Crippen LogP contribution is -2.48. The normalized spacial score (nSPS) is 31.4. The van der Waals surface area contributed by atoms with Crippen LogP contribution in [0.5, 0.6) is 0 Å². The van der Waals surface area contributed by atoms with Gasteiger partial charge in [-0.25, -0.2) is 4.79 Å². The smallest absolute Gasteiger partial charge is 0.331 e. The SMILES string of the molecule is C=C[C@@]1(n2ccc(=O)[nH]c2=O)O[C@H](CO)C[C@H]1O. The maximum Gasteiger partial charge on any atom is 0.331 e. The molecule has 0 radical (unpaired) electrons. The molecule has 0 aliphatic carbocycles. The molecule has 0 aromatic carbocycles. The number of hydrogen-bond donors (Lipinski definition) is 3. The second-order valence-electron chi connectivity index (χ2n) is 4.11. The molecule has 0 unspecified atom stereocenters. The Balaban J connectivity index is 2.54. The minimum absolute atomic E-state index is 0.175. The number of aliphatic hydroxyl groups is 2. The van der Waals surface area contributed by atoms with Gasteiger partial charge in [0.15, 0.2) is 5.72 Å². The van der Waals surface area contributed by atoms with Crippen molar-refractivity contribution in [3.05, 3.63) is 45.8 Å². The molecular weight excluding hydrogens is 240 g/mol. The summed E-state index contributed by atoms with van der Waals surface area (Å²) in [6, 6.07) is 1.15. The van der Waals surface area contributed by atoms with Crippen LogP contribution in [0.15, 0.2) is 34.5 Å². The summed E-state index contributed by atoms with van der Waals surface area (Å²) in [4.78, 5) is 24.8. The number of aromatic amines is 1. The number of nitrogens with zero attached hydrogens (tertiary/aromatic N) is 1. The first kappa shape index (κ1) is 12.7. The van der Waals surface area contributed by atoms with E-state index in [2.05, 4.69) is 11.6 Å². The van der Waals surface area contributed by atoms with Crippen molar-refractivity contribution in [3.8, 4) is 0 Å². The standard InChI is InChI=1S/C11H14N2O5/c1-2-11(8(15)5-7(6-14)18-11)13-4-3-9(16)12-10(13)17/h2-4,7-8,14-15H,1,5-6H2,(H,12,16,17)/t7-,8+,11+/m0/s1. The van der Waals surface area contributed by atoms with Gasteiger partial charge in [0.2, 0.25) is 0 Å². The first-order valence-electron chi connectivity index (χ1n) is 5.46. The van der Waals surface area contributed by atoms with Crippen LogP contribution in [0, 0.1) is 0 Å². The molecule has 7 heteroatoms. The van der Waals surface area contributed by atoms with Crippen molar-refractivity contribution in [2.45, 2.75) is 24.4 Å². The van der Waals surface area contributed by atoms with Gasteiger partial charge < -0.3 is 14.9 Å². The number of ether oxygens (including phenoxy) is 1. The Labute approximate surface area is 102 Å². The van der Waals surface area contributed by atoms with Gasteiger partial charge in [-0.1, -0.05) is 6.58 Å². The zero-order chi connectivity index (χ0) is 13.3. The molecular formula is C11H14N2O5. The van der Waals surface area contributed by atoms with Gasteiger partial charge >= 0.3 is 5.69 Å². The van der Waals surface area contributed by atoms with E-state index >= 15 is 0 Å². The first-order valence-corrected chi connectivity index (χ1v) is 5.46. The molecule has 0 bridgehead atoms. The zero-order valence-electron chi connectivity index (χ0n) is 9.57. The van der Waals surface area contributed by atoms with Crippen molar-refractivity contribution in [2.24, 2.45) is 0 Å². The Kier molecular flexibility index (Phi) is 3.20. The molecule has 7 nitrogen and oxygen atoms in total. The third-order valence-corrected chi connectivity index (χ3v) is 3.02. The second kappa shape index (κ2) is 4.52. The molecule has 3 atom stereocenters. The van der Waals surface area contributed by atoms with Gasteiger partial charge in [0.25, 0.3) is 5.56 Å². The van der Waals surface area contributed by atoms with Crippen LogP contribution in [0.25, 0.3) is 0 Å². The molecule has 1 aliphatic rings. The third kappa shape index (κ3) is 1.82. The predicted octanol–water partition coefficient (Wildman–Crippen LogP) is -1.48. The van der Waals surface area contributed by atoms with Crippen LogP contribution >= 0.6 is 0 Å². The molecule has 1 aromatic rings. The highest BCUT2D eigenvalue weighted by Gasteiger charge is 2.47. The molecule has 0 spiro atoms. The summed E-state index contributed by atoms with van der Waals surface area (Å²) in [5.74, 6) is 0. The summed E-state index contributed by atoms with van der Waals surface area (Å²) in [6.45, 7) is 3.28. The van der Waals surface area contributed by atoms with Crippen molar-refractivity contribution in [1.29, 1.82) is 0 Å². The van der Waals surface area contributed by atoms with Crippen molar-refractivity contribution < 1.29 is 14.9 Å².